The minimum absolute atomic E-state index is 0.505. The lowest BCUT2D eigenvalue weighted by molar-refractivity contribution is 0.321. The Bertz CT molecular complexity index is 625. The lowest BCUT2D eigenvalue weighted by Gasteiger charge is -2.21. The van der Waals surface area contributed by atoms with E-state index in [0.29, 0.717) is 13.2 Å². The zero-order valence-corrected chi connectivity index (χ0v) is 11.9. The Labute approximate surface area is 119 Å². The van der Waals surface area contributed by atoms with Gasteiger partial charge in [-0.05, 0) is 42.5 Å². The monoisotopic (exact) mass is 271 g/mol. The van der Waals surface area contributed by atoms with Crippen molar-refractivity contribution in [2.75, 3.05) is 18.5 Å². The third kappa shape index (κ3) is 2.31. The third-order valence-corrected chi connectivity index (χ3v) is 3.69. The van der Waals surface area contributed by atoms with Gasteiger partial charge in [0.15, 0.2) is 0 Å². The number of nitrogens with zero attached hydrogens (tertiary/aromatic N) is 1. The quantitative estimate of drug-likeness (QED) is 0.897. The Balaban J connectivity index is 2.20. The number of anilines is 1. The number of ether oxygens (including phenoxy) is 1. The van der Waals surface area contributed by atoms with Crippen LogP contribution in [0.1, 0.15) is 30.9 Å². The second-order valence-electron chi connectivity index (χ2n) is 5.23. The molecule has 3 rings (SSSR count). The molecule has 3 N–H and O–H groups in total. The molecule has 4 nitrogen and oxygen atoms in total. The maximum Gasteiger partial charge on any atom is 0.131 e. The highest BCUT2D eigenvalue weighted by Gasteiger charge is 2.17. The lowest BCUT2D eigenvalue weighted by Crippen LogP contribution is -2.13. The molecule has 0 saturated carbocycles. The fraction of sp³-hybridized carbons (Fsp3) is 0.438. The number of rotatable bonds is 4. The molecule has 0 spiro atoms. The number of hydrogen-bond acceptors (Lipinski definition) is 4. The predicted molar refractivity (Wildman–Crippen MR) is 82.2 cm³/mol. The first-order valence-corrected chi connectivity index (χ1v) is 7.34. The van der Waals surface area contributed by atoms with Gasteiger partial charge in [-0.15, -0.1) is 0 Å². The Hall–Kier alpha value is -1.81. The molecule has 0 bridgehead atoms. The average molecular weight is 271 g/mol. The van der Waals surface area contributed by atoms with Gasteiger partial charge in [-0.2, -0.15) is 0 Å². The Morgan fingerprint density at radius 2 is 2.30 bits per heavy atom. The molecule has 0 amide bonds. The highest BCUT2D eigenvalue weighted by Crippen LogP contribution is 2.37. The van der Waals surface area contributed by atoms with Crippen LogP contribution < -0.4 is 15.8 Å². The number of pyridine rings is 1. The number of nitrogens with two attached hydrogens (primary N) is 1. The number of nitrogens with one attached hydrogen (secondary N) is 1. The summed E-state index contributed by atoms with van der Waals surface area (Å²) >= 11 is 0. The molecule has 4 heteroatoms. The van der Waals surface area contributed by atoms with Crippen LogP contribution in [0.2, 0.25) is 0 Å². The van der Waals surface area contributed by atoms with E-state index in [1.807, 2.05) is 6.20 Å². The molecule has 0 radical (unpaired) electrons. The van der Waals surface area contributed by atoms with Gasteiger partial charge >= 0.3 is 0 Å². The van der Waals surface area contributed by atoms with Crippen LogP contribution in [0.15, 0.2) is 18.3 Å². The van der Waals surface area contributed by atoms with Crippen molar-refractivity contribution in [2.24, 2.45) is 5.73 Å². The number of aromatic nitrogens is 1. The summed E-state index contributed by atoms with van der Waals surface area (Å²) in [6.45, 7) is 4.34. The summed E-state index contributed by atoms with van der Waals surface area (Å²) in [5.41, 5.74) is 10.3. The molecule has 106 valence electrons. The Kier molecular flexibility index (Phi) is 3.74. The first kappa shape index (κ1) is 13.2. The Morgan fingerprint density at radius 1 is 1.40 bits per heavy atom. The molecule has 0 atom stereocenters. The molecule has 0 fully saturated rings. The van der Waals surface area contributed by atoms with Crippen molar-refractivity contribution < 1.29 is 4.74 Å². The van der Waals surface area contributed by atoms with Gasteiger partial charge in [0.1, 0.15) is 5.75 Å². The van der Waals surface area contributed by atoms with Crippen molar-refractivity contribution in [3.8, 4) is 5.75 Å². The van der Waals surface area contributed by atoms with Crippen LogP contribution in [0.25, 0.3) is 10.9 Å². The largest absolute Gasteiger partial charge is 0.493 e. The standard InChI is InChI=1S/C16H21N3O/c1-2-6-20-14-8-11(9-17)7-13-15(14)16-12(10-19-13)4-3-5-18-16/h7-8,10,18H,2-6,9,17H2,1H3. The molecule has 1 aromatic heterocycles. The molecule has 1 aliphatic rings. The van der Waals surface area contributed by atoms with Crippen LogP contribution in [-0.2, 0) is 13.0 Å². The van der Waals surface area contributed by atoms with E-state index in [-0.39, 0.29) is 0 Å². The summed E-state index contributed by atoms with van der Waals surface area (Å²) in [5, 5.41) is 4.61. The molecular weight excluding hydrogens is 250 g/mol. The molecule has 0 saturated heterocycles. The number of aryl methyl sites for hydroxylation is 1. The number of benzene rings is 1. The Morgan fingerprint density at radius 3 is 3.10 bits per heavy atom. The van der Waals surface area contributed by atoms with Gasteiger partial charge < -0.3 is 15.8 Å². The normalized spacial score (nSPS) is 13.9. The summed E-state index contributed by atoms with van der Waals surface area (Å²) in [5.74, 6) is 0.906. The van der Waals surface area contributed by atoms with E-state index in [4.69, 9.17) is 10.5 Å². The van der Waals surface area contributed by atoms with Gasteiger partial charge in [-0.25, -0.2) is 0 Å². The molecule has 1 aliphatic heterocycles. The van der Waals surface area contributed by atoms with Gasteiger partial charge in [0.05, 0.1) is 23.2 Å². The second kappa shape index (κ2) is 5.67. The van der Waals surface area contributed by atoms with Crippen molar-refractivity contribution in [3.63, 3.8) is 0 Å². The van der Waals surface area contributed by atoms with Crippen molar-refractivity contribution in [1.82, 2.24) is 4.98 Å². The summed E-state index contributed by atoms with van der Waals surface area (Å²) in [6, 6.07) is 4.11. The van der Waals surface area contributed by atoms with E-state index in [9.17, 15) is 0 Å². The third-order valence-electron chi connectivity index (χ3n) is 3.69. The average Bonchev–Trinajstić information content (AvgIpc) is 2.51. The second-order valence-corrected chi connectivity index (χ2v) is 5.23. The van der Waals surface area contributed by atoms with Gasteiger partial charge in [-0.1, -0.05) is 6.92 Å². The summed E-state index contributed by atoms with van der Waals surface area (Å²) in [4.78, 5) is 4.60. The van der Waals surface area contributed by atoms with Crippen LogP contribution in [0.3, 0.4) is 0 Å². The molecule has 0 aliphatic carbocycles. The van der Waals surface area contributed by atoms with Gasteiger partial charge in [0, 0.05) is 19.3 Å². The van der Waals surface area contributed by atoms with E-state index in [1.165, 1.54) is 11.3 Å². The predicted octanol–water partition coefficient (Wildman–Crippen LogP) is 2.84. The number of hydrogen-bond donors (Lipinski definition) is 2. The maximum atomic E-state index is 5.94. The first-order valence-electron chi connectivity index (χ1n) is 7.34. The van der Waals surface area contributed by atoms with E-state index < -0.39 is 0 Å². The van der Waals surface area contributed by atoms with Crippen LogP contribution in [0.5, 0.6) is 5.75 Å². The zero-order valence-electron chi connectivity index (χ0n) is 11.9. The van der Waals surface area contributed by atoms with Crippen molar-refractivity contribution >= 4 is 16.6 Å². The van der Waals surface area contributed by atoms with E-state index in [1.54, 1.807) is 0 Å². The smallest absolute Gasteiger partial charge is 0.131 e. The SMILES string of the molecule is CCCOc1cc(CN)cc2ncc3c(c12)NCCC3. The van der Waals surface area contributed by atoms with E-state index in [0.717, 1.165) is 48.0 Å². The fourth-order valence-electron chi connectivity index (χ4n) is 2.71. The fourth-order valence-corrected chi connectivity index (χ4v) is 2.71. The van der Waals surface area contributed by atoms with Crippen LogP contribution >= 0.6 is 0 Å². The van der Waals surface area contributed by atoms with Crippen molar-refractivity contribution in [2.45, 2.75) is 32.7 Å². The van der Waals surface area contributed by atoms with Gasteiger partial charge in [0.2, 0.25) is 0 Å². The van der Waals surface area contributed by atoms with Crippen LogP contribution in [0, 0.1) is 0 Å². The van der Waals surface area contributed by atoms with Gasteiger partial charge in [-0.3, -0.25) is 4.98 Å². The van der Waals surface area contributed by atoms with E-state index in [2.05, 4.69) is 29.4 Å². The first-order chi connectivity index (χ1) is 9.83. The van der Waals surface area contributed by atoms with Gasteiger partial charge in [0.25, 0.3) is 0 Å². The molecule has 2 heterocycles. The lowest BCUT2D eigenvalue weighted by atomic mass is 10.00. The van der Waals surface area contributed by atoms with Crippen molar-refractivity contribution in [1.29, 1.82) is 0 Å². The van der Waals surface area contributed by atoms with Crippen LogP contribution in [-0.4, -0.2) is 18.1 Å². The molecule has 1 aromatic carbocycles. The van der Waals surface area contributed by atoms with E-state index >= 15 is 0 Å². The zero-order chi connectivity index (χ0) is 13.9. The topological polar surface area (TPSA) is 60.2 Å². The maximum absolute atomic E-state index is 5.94. The molecule has 20 heavy (non-hydrogen) atoms. The highest BCUT2D eigenvalue weighted by atomic mass is 16.5. The highest BCUT2D eigenvalue weighted by molar-refractivity contribution is 5.98. The molecule has 0 unspecified atom stereocenters. The van der Waals surface area contributed by atoms with Crippen molar-refractivity contribution in [3.05, 3.63) is 29.5 Å². The summed E-state index contributed by atoms with van der Waals surface area (Å²) in [7, 11) is 0. The summed E-state index contributed by atoms with van der Waals surface area (Å²) < 4.78 is 5.94. The van der Waals surface area contributed by atoms with Crippen LogP contribution in [0.4, 0.5) is 5.69 Å². The minimum Gasteiger partial charge on any atom is -0.493 e. The summed E-state index contributed by atoms with van der Waals surface area (Å²) in [6.07, 6.45) is 5.21. The molecule has 2 aromatic rings. The molecular formula is C16H21N3O. The minimum atomic E-state index is 0.505. The number of fused-ring (bicyclic) bond motifs is 3.